The van der Waals surface area contributed by atoms with Gasteiger partial charge in [-0.1, -0.05) is 25.0 Å². The van der Waals surface area contributed by atoms with Gasteiger partial charge >= 0.3 is 0 Å². The zero-order valence-corrected chi connectivity index (χ0v) is 12.3. The normalized spacial score (nSPS) is 16.9. The van der Waals surface area contributed by atoms with E-state index in [1.807, 2.05) is 24.3 Å². The maximum absolute atomic E-state index is 11.8. The number of benzene rings is 1. The Kier molecular flexibility index (Phi) is 5.41. The lowest BCUT2D eigenvalue weighted by Gasteiger charge is -2.16. The Morgan fingerprint density at radius 3 is 2.55 bits per heavy atom. The minimum Gasteiger partial charge on any atom is -0.497 e. The Morgan fingerprint density at radius 2 is 1.95 bits per heavy atom. The van der Waals surface area contributed by atoms with Crippen LogP contribution in [0.5, 0.6) is 5.75 Å². The van der Waals surface area contributed by atoms with Crippen molar-refractivity contribution in [3.05, 3.63) is 29.8 Å². The molecule has 2 N–H and O–H groups in total. The summed E-state index contributed by atoms with van der Waals surface area (Å²) >= 11 is 0. The Labute approximate surface area is 120 Å². The highest BCUT2D eigenvalue weighted by Crippen LogP contribution is 2.18. The van der Waals surface area contributed by atoms with Gasteiger partial charge in [-0.3, -0.25) is 4.79 Å². The molecule has 0 unspecified atom stereocenters. The minimum absolute atomic E-state index is 0.0947. The van der Waals surface area contributed by atoms with Gasteiger partial charge in [0.2, 0.25) is 5.91 Å². The van der Waals surface area contributed by atoms with Gasteiger partial charge < -0.3 is 15.4 Å². The van der Waals surface area contributed by atoms with Crippen molar-refractivity contribution in [3.63, 3.8) is 0 Å². The number of methoxy groups -OCH3 is 1. The van der Waals surface area contributed by atoms with Crippen molar-refractivity contribution in [1.29, 1.82) is 0 Å². The van der Waals surface area contributed by atoms with Gasteiger partial charge in [0.1, 0.15) is 5.75 Å². The molecule has 0 aromatic heterocycles. The smallest absolute Gasteiger partial charge is 0.234 e. The summed E-state index contributed by atoms with van der Waals surface area (Å²) in [4.78, 5) is 11.8. The molecule has 20 heavy (non-hydrogen) atoms. The molecule has 0 saturated heterocycles. The van der Waals surface area contributed by atoms with Crippen LogP contribution in [0, 0.1) is 0 Å². The van der Waals surface area contributed by atoms with E-state index < -0.39 is 0 Å². The van der Waals surface area contributed by atoms with Gasteiger partial charge in [-0.05, 0) is 37.5 Å². The molecular formula is C16H24N2O2. The van der Waals surface area contributed by atoms with Gasteiger partial charge in [0.25, 0.3) is 0 Å². The summed E-state index contributed by atoms with van der Waals surface area (Å²) in [5, 5.41) is 6.34. The first kappa shape index (κ1) is 14.9. The third-order valence-electron chi connectivity index (χ3n) is 3.90. The van der Waals surface area contributed by atoms with Crippen LogP contribution in [0.25, 0.3) is 0 Å². The lowest BCUT2D eigenvalue weighted by molar-refractivity contribution is -0.121. The molecule has 1 saturated carbocycles. The summed E-state index contributed by atoms with van der Waals surface area (Å²) in [6.07, 6.45) is 4.72. The van der Waals surface area contributed by atoms with Crippen LogP contribution >= 0.6 is 0 Å². The second-order valence-corrected chi connectivity index (χ2v) is 5.42. The van der Waals surface area contributed by atoms with Crippen LogP contribution in [-0.2, 0) is 4.79 Å². The van der Waals surface area contributed by atoms with Crippen LogP contribution in [0.2, 0.25) is 0 Å². The van der Waals surface area contributed by atoms with Crippen LogP contribution in [0.3, 0.4) is 0 Å². The molecule has 1 atom stereocenters. The molecule has 0 heterocycles. The van der Waals surface area contributed by atoms with Crippen molar-refractivity contribution in [2.45, 2.75) is 44.7 Å². The van der Waals surface area contributed by atoms with Crippen molar-refractivity contribution in [2.75, 3.05) is 13.7 Å². The highest BCUT2D eigenvalue weighted by molar-refractivity contribution is 5.78. The van der Waals surface area contributed by atoms with E-state index in [2.05, 4.69) is 17.6 Å². The average Bonchev–Trinajstić information content (AvgIpc) is 2.97. The third-order valence-corrected chi connectivity index (χ3v) is 3.90. The standard InChI is InChI=1S/C16H24N2O2/c1-12(13-7-9-15(20-2)10-8-13)17-11-16(19)18-14-5-3-4-6-14/h7-10,12,14,17H,3-6,11H2,1-2H3,(H,18,19)/t12-/m1/s1. The Bertz CT molecular complexity index is 425. The maximum atomic E-state index is 11.8. The van der Waals surface area contributed by atoms with Crippen molar-refractivity contribution in [3.8, 4) is 5.75 Å². The van der Waals surface area contributed by atoms with Crippen LogP contribution in [-0.4, -0.2) is 25.6 Å². The molecule has 1 aliphatic carbocycles. The summed E-state index contributed by atoms with van der Waals surface area (Å²) in [5.74, 6) is 0.942. The molecule has 0 spiro atoms. The summed E-state index contributed by atoms with van der Waals surface area (Å²) in [5.41, 5.74) is 1.15. The van der Waals surface area contributed by atoms with Gasteiger partial charge in [0.15, 0.2) is 0 Å². The fraction of sp³-hybridized carbons (Fsp3) is 0.562. The number of ether oxygens (including phenoxy) is 1. The van der Waals surface area contributed by atoms with Gasteiger partial charge in [-0.25, -0.2) is 0 Å². The molecule has 2 rings (SSSR count). The molecule has 1 amide bonds. The molecule has 4 heteroatoms. The molecular weight excluding hydrogens is 252 g/mol. The number of carbonyl (C=O) groups excluding carboxylic acids is 1. The van der Waals surface area contributed by atoms with Gasteiger partial charge in [-0.15, -0.1) is 0 Å². The van der Waals surface area contributed by atoms with E-state index >= 15 is 0 Å². The zero-order valence-electron chi connectivity index (χ0n) is 12.3. The topological polar surface area (TPSA) is 50.4 Å². The highest BCUT2D eigenvalue weighted by Gasteiger charge is 2.17. The Morgan fingerprint density at radius 1 is 1.30 bits per heavy atom. The second kappa shape index (κ2) is 7.29. The quantitative estimate of drug-likeness (QED) is 0.839. The Balaban J connectivity index is 1.75. The number of rotatable bonds is 6. The molecule has 1 aromatic rings. The van der Waals surface area contributed by atoms with E-state index in [0.717, 1.165) is 24.2 Å². The first-order valence-electron chi connectivity index (χ1n) is 7.35. The number of carbonyl (C=O) groups is 1. The van der Waals surface area contributed by atoms with Crippen molar-refractivity contribution in [1.82, 2.24) is 10.6 Å². The molecule has 1 aliphatic rings. The molecule has 110 valence electrons. The van der Waals surface area contributed by atoms with E-state index in [9.17, 15) is 4.79 Å². The predicted molar refractivity (Wildman–Crippen MR) is 79.8 cm³/mol. The molecule has 1 aromatic carbocycles. The van der Waals surface area contributed by atoms with Crippen LogP contribution < -0.4 is 15.4 Å². The number of hydrogen-bond donors (Lipinski definition) is 2. The third kappa shape index (κ3) is 4.23. The second-order valence-electron chi connectivity index (χ2n) is 5.42. The van der Waals surface area contributed by atoms with E-state index in [4.69, 9.17) is 4.74 Å². The summed E-state index contributed by atoms with van der Waals surface area (Å²) in [6.45, 7) is 2.42. The van der Waals surface area contributed by atoms with E-state index in [0.29, 0.717) is 12.6 Å². The van der Waals surface area contributed by atoms with Crippen LogP contribution in [0.1, 0.15) is 44.2 Å². The maximum Gasteiger partial charge on any atom is 0.234 e. The zero-order chi connectivity index (χ0) is 14.4. The lowest BCUT2D eigenvalue weighted by atomic mass is 10.1. The van der Waals surface area contributed by atoms with Gasteiger partial charge in [0.05, 0.1) is 13.7 Å². The first-order valence-corrected chi connectivity index (χ1v) is 7.35. The summed E-state index contributed by atoms with van der Waals surface area (Å²) in [7, 11) is 1.66. The number of amides is 1. The monoisotopic (exact) mass is 276 g/mol. The number of hydrogen-bond acceptors (Lipinski definition) is 3. The predicted octanol–water partition coefficient (Wildman–Crippen LogP) is 2.40. The Hall–Kier alpha value is -1.55. The van der Waals surface area contributed by atoms with Crippen molar-refractivity contribution >= 4 is 5.91 Å². The lowest BCUT2D eigenvalue weighted by Crippen LogP contribution is -2.39. The fourth-order valence-corrected chi connectivity index (χ4v) is 2.61. The molecule has 0 bridgehead atoms. The summed E-state index contributed by atoms with van der Waals surface area (Å²) in [6, 6.07) is 8.45. The van der Waals surface area contributed by atoms with Gasteiger partial charge in [0, 0.05) is 12.1 Å². The van der Waals surface area contributed by atoms with E-state index in [-0.39, 0.29) is 11.9 Å². The molecule has 0 aliphatic heterocycles. The van der Waals surface area contributed by atoms with E-state index in [1.54, 1.807) is 7.11 Å². The SMILES string of the molecule is COc1ccc([C@@H](C)NCC(=O)NC2CCCC2)cc1. The fourth-order valence-electron chi connectivity index (χ4n) is 2.61. The van der Waals surface area contributed by atoms with Crippen molar-refractivity contribution < 1.29 is 9.53 Å². The average molecular weight is 276 g/mol. The van der Waals surface area contributed by atoms with Crippen LogP contribution in [0.4, 0.5) is 0 Å². The van der Waals surface area contributed by atoms with Gasteiger partial charge in [-0.2, -0.15) is 0 Å². The highest BCUT2D eigenvalue weighted by atomic mass is 16.5. The van der Waals surface area contributed by atoms with Crippen LogP contribution in [0.15, 0.2) is 24.3 Å². The summed E-state index contributed by atoms with van der Waals surface area (Å²) < 4.78 is 5.14. The molecule has 0 radical (unpaired) electrons. The first-order chi connectivity index (χ1) is 9.69. The number of nitrogens with one attached hydrogen (secondary N) is 2. The van der Waals surface area contributed by atoms with E-state index in [1.165, 1.54) is 12.8 Å². The largest absolute Gasteiger partial charge is 0.497 e. The molecule has 1 fully saturated rings. The van der Waals surface area contributed by atoms with Crippen molar-refractivity contribution in [2.24, 2.45) is 0 Å². The minimum atomic E-state index is 0.0947. The molecule has 4 nitrogen and oxygen atoms in total.